The smallest absolute Gasteiger partial charge is 0.324 e. The second-order valence-corrected chi connectivity index (χ2v) is 5.37. The fraction of sp³-hybridized carbons (Fsp3) is 0.467. The van der Waals surface area contributed by atoms with E-state index in [1.165, 1.54) is 4.90 Å². The lowest BCUT2D eigenvalue weighted by atomic mass is 9.99. The summed E-state index contributed by atoms with van der Waals surface area (Å²) in [6.45, 7) is 2.59. The van der Waals surface area contributed by atoms with Gasteiger partial charge in [0.2, 0.25) is 0 Å². The number of hydrogen-bond acceptors (Lipinski definition) is 3. The molecule has 0 aromatic heterocycles. The van der Waals surface area contributed by atoms with Crippen LogP contribution >= 0.6 is 0 Å². The Bertz CT molecular complexity index is 529. The Morgan fingerprint density at radius 3 is 2.38 bits per heavy atom. The maximum absolute atomic E-state index is 12.4. The minimum atomic E-state index is -0.843. The van der Waals surface area contributed by atoms with Crippen LogP contribution in [0.1, 0.15) is 6.92 Å². The number of methoxy groups -OCH3 is 1. The van der Waals surface area contributed by atoms with E-state index in [1.54, 1.807) is 43.3 Å². The first kappa shape index (κ1) is 15.2. The highest BCUT2D eigenvalue weighted by Gasteiger charge is 2.38. The summed E-state index contributed by atoms with van der Waals surface area (Å²) in [5.41, 5.74) is 0.743. The summed E-state index contributed by atoms with van der Waals surface area (Å²) in [6.07, 6.45) is 0. The predicted molar refractivity (Wildman–Crippen MR) is 78.7 cm³/mol. The average Bonchev–Trinajstić information content (AvgIpc) is 2.88. The Kier molecular flexibility index (Phi) is 4.35. The van der Waals surface area contributed by atoms with E-state index in [0.29, 0.717) is 6.54 Å². The van der Waals surface area contributed by atoms with Gasteiger partial charge in [-0.2, -0.15) is 0 Å². The summed E-state index contributed by atoms with van der Waals surface area (Å²) in [7, 11) is 3.27. The predicted octanol–water partition coefficient (Wildman–Crippen LogP) is 1.90. The van der Waals surface area contributed by atoms with Crippen LogP contribution in [0.4, 0.5) is 10.5 Å². The number of carbonyl (C=O) groups is 2. The van der Waals surface area contributed by atoms with Crippen molar-refractivity contribution in [3.05, 3.63) is 24.3 Å². The zero-order chi connectivity index (χ0) is 15.6. The molecule has 114 valence electrons. The van der Waals surface area contributed by atoms with E-state index in [9.17, 15) is 9.59 Å². The largest absolute Gasteiger partial charge is 0.497 e. The van der Waals surface area contributed by atoms with Crippen LogP contribution in [0.3, 0.4) is 0 Å². The molecule has 1 aromatic carbocycles. The van der Waals surface area contributed by atoms with E-state index in [0.717, 1.165) is 11.4 Å². The van der Waals surface area contributed by atoms with E-state index >= 15 is 0 Å². The molecule has 0 unspecified atom stereocenters. The number of anilines is 1. The van der Waals surface area contributed by atoms with E-state index in [2.05, 4.69) is 0 Å². The molecule has 1 saturated heterocycles. The maximum Gasteiger partial charge on any atom is 0.324 e. The molecular weight excluding hydrogens is 272 g/mol. The van der Waals surface area contributed by atoms with Gasteiger partial charge in [0.05, 0.1) is 13.0 Å². The fourth-order valence-electron chi connectivity index (χ4n) is 2.57. The number of hydrogen-bond donors (Lipinski definition) is 1. The number of ether oxygens (including phenoxy) is 1. The van der Waals surface area contributed by atoms with Crippen molar-refractivity contribution >= 4 is 17.7 Å². The number of carbonyl (C=O) groups excluding carboxylic acids is 1. The van der Waals surface area contributed by atoms with Gasteiger partial charge in [-0.3, -0.25) is 9.69 Å². The first-order chi connectivity index (χ1) is 9.93. The van der Waals surface area contributed by atoms with Crippen LogP contribution < -0.4 is 9.64 Å². The summed E-state index contributed by atoms with van der Waals surface area (Å²) in [5.74, 6) is -0.640. The summed E-state index contributed by atoms with van der Waals surface area (Å²) >= 11 is 0. The van der Waals surface area contributed by atoms with Gasteiger partial charge < -0.3 is 14.7 Å². The Balaban J connectivity index is 2.07. The quantitative estimate of drug-likeness (QED) is 0.923. The van der Waals surface area contributed by atoms with Crippen LogP contribution in [-0.2, 0) is 4.79 Å². The number of aliphatic carboxylic acids is 1. The number of carboxylic acids is 1. The number of nitrogens with zero attached hydrogens (tertiary/aromatic N) is 2. The second-order valence-electron chi connectivity index (χ2n) is 5.37. The van der Waals surface area contributed by atoms with Crippen molar-refractivity contribution in [3.63, 3.8) is 0 Å². The van der Waals surface area contributed by atoms with Gasteiger partial charge in [0.1, 0.15) is 5.75 Å². The highest BCUT2D eigenvalue weighted by molar-refractivity contribution is 5.92. The van der Waals surface area contributed by atoms with Crippen molar-refractivity contribution in [1.82, 2.24) is 4.90 Å². The first-order valence-corrected chi connectivity index (χ1v) is 6.83. The summed E-state index contributed by atoms with van der Waals surface area (Å²) in [6, 6.07) is 6.98. The van der Waals surface area contributed by atoms with Gasteiger partial charge in [-0.25, -0.2) is 4.79 Å². The van der Waals surface area contributed by atoms with Crippen LogP contribution in [0.15, 0.2) is 24.3 Å². The van der Waals surface area contributed by atoms with E-state index < -0.39 is 11.9 Å². The van der Waals surface area contributed by atoms with Gasteiger partial charge in [-0.15, -0.1) is 0 Å². The average molecular weight is 292 g/mol. The number of likely N-dealkylation sites (tertiary alicyclic amines) is 1. The number of rotatable bonds is 3. The molecule has 2 rings (SSSR count). The summed E-state index contributed by atoms with van der Waals surface area (Å²) in [5, 5.41) is 9.13. The monoisotopic (exact) mass is 292 g/mol. The lowest BCUT2D eigenvalue weighted by molar-refractivity contribution is -0.142. The molecule has 1 aliphatic rings. The van der Waals surface area contributed by atoms with Crippen molar-refractivity contribution in [1.29, 1.82) is 0 Å². The number of carboxylic acid groups (broad SMARTS) is 1. The lowest BCUT2D eigenvalue weighted by Crippen LogP contribution is -2.40. The molecule has 2 amide bonds. The van der Waals surface area contributed by atoms with E-state index in [1.807, 2.05) is 6.92 Å². The van der Waals surface area contributed by atoms with Crippen LogP contribution in [0.5, 0.6) is 5.75 Å². The Morgan fingerprint density at radius 2 is 1.90 bits per heavy atom. The lowest BCUT2D eigenvalue weighted by Gasteiger charge is -2.24. The van der Waals surface area contributed by atoms with Crippen molar-refractivity contribution in [3.8, 4) is 5.75 Å². The van der Waals surface area contributed by atoms with Crippen LogP contribution in [0, 0.1) is 11.8 Å². The topological polar surface area (TPSA) is 70.1 Å². The maximum atomic E-state index is 12.4. The van der Waals surface area contributed by atoms with Crippen LogP contribution in [0.2, 0.25) is 0 Å². The van der Waals surface area contributed by atoms with Gasteiger partial charge in [0, 0.05) is 25.8 Å². The summed E-state index contributed by atoms with van der Waals surface area (Å²) in [4.78, 5) is 26.7. The molecule has 2 atom stereocenters. The molecule has 0 radical (unpaired) electrons. The molecule has 21 heavy (non-hydrogen) atoms. The molecule has 1 aliphatic heterocycles. The molecule has 0 saturated carbocycles. The van der Waals surface area contributed by atoms with E-state index in [4.69, 9.17) is 9.84 Å². The van der Waals surface area contributed by atoms with Crippen molar-refractivity contribution in [2.75, 3.05) is 32.1 Å². The number of benzene rings is 1. The van der Waals surface area contributed by atoms with E-state index in [-0.39, 0.29) is 18.5 Å². The Hall–Kier alpha value is -2.24. The molecule has 1 N–H and O–H groups in total. The van der Waals surface area contributed by atoms with Gasteiger partial charge in [-0.05, 0) is 30.2 Å². The zero-order valence-corrected chi connectivity index (χ0v) is 12.4. The highest BCUT2D eigenvalue weighted by Crippen LogP contribution is 2.26. The number of amides is 2. The number of urea groups is 1. The van der Waals surface area contributed by atoms with Gasteiger partial charge >= 0.3 is 12.0 Å². The molecule has 1 heterocycles. The fourth-order valence-corrected chi connectivity index (χ4v) is 2.57. The minimum Gasteiger partial charge on any atom is -0.497 e. The first-order valence-electron chi connectivity index (χ1n) is 6.83. The minimum absolute atomic E-state index is 0.0317. The molecule has 6 nitrogen and oxygen atoms in total. The molecule has 0 spiro atoms. The Morgan fingerprint density at radius 1 is 1.29 bits per heavy atom. The molecule has 6 heteroatoms. The van der Waals surface area contributed by atoms with Crippen molar-refractivity contribution in [2.45, 2.75) is 6.92 Å². The van der Waals surface area contributed by atoms with Crippen molar-refractivity contribution in [2.24, 2.45) is 11.8 Å². The third-order valence-corrected chi connectivity index (χ3v) is 3.95. The third kappa shape index (κ3) is 3.09. The van der Waals surface area contributed by atoms with Gasteiger partial charge in [0.15, 0.2) is 0 Å². The van der Waals surface area contributed by atoms with Crippen LogP contribution in [-0.4, -0.2) is 49.3 Å². The summed E-state index contributed by atoms with van der Waals surface area (Å²) < 4.78 is 5.08. The normalized spacial score (nSPS) is 21.2. The molecular formula is C15H20N2O4. The van der Waals surface area contributed by atoms with Crippen LogP contribution in [0.25, 0.3) is 0 Å². The molecule has 1 aromatic rings. The standard InChI is InChI=1S/C15H20N2O4/c1-10-8-17(9-13(10)14(18)19)15(20)16(2)11-4-6-12(21-3)7-5-11/h4-7,10,13H,8-9H2,1-3H3,(H,18,19)/t10-,13-/m1/s1. The Labute approximate surface area is 123 Å². The third-order valence-electron chi connectivity index (χ3n) is 3.95. The SMILES string of the molecule is COc1ccc(N(C)C(=O)N2C[C@@H](C)[C@H](C(=O)O)C2)cc1. The highest BCUT2D eigenvalue weighted by atomic mass is 16.5. The second kappa shape index (κ2) is 6.03. The molecule has 1 fully saturated rings. The molecule has 0 aliphatic carbocycles. The van der Waals surface area contributed by atoms with Gasteiger partial charge in [-0.1, -0.05) is 6.92 Å². The molecule has 0 bridgehead atoms. The van der Waals surface area contributed by atoms with Gasteiger partial charge in [0.25, 0.3) is 0 Å². The van der Waals surface area contributed by atoms with Crippen molar-refractivity contribution < 1.29 is 19.4 Å². The zero-order valence-electron chi connectivity index (χ0n) is 12.4.